The minimum Gasteiger partial charge on any atom is -0.350 e. The van der Waals surface area contributed by atoms with Gasteiger partial charge in [-0.05, 0) is 55.2 Å². The van der Waals surface area contributed by atoms with Gasteiger partial charge < -0.3 is 26.2 Å². The lowest BCUT2D eigenvalue weighted by atomic mass is 10.0. The van der Waals surface area contributed by atoms with Crippen LogP contribution in [0.4, 0.5) is 0 Å². The number of nitrogens with zero attached hydrogens (tertiary/aromatic N) is 1. The summed E-state index contributed by atoms with van der Waals surface area (Å²) in [6.07, 6.45) is 2.26. The van der Waals surface area contributed by atoms with Crippen LogP contribution in [-0.2, 0) is 43.2 Å². The molecule has 5 amide bonds. The molecule has 0 spiro atoms. The van der Waals surface area contributed by atoms with E-state index >= 15 is 0 Å². The van der Waals surface area contributed by atoms with Crippen molar-refractivity contribution in [2.45, 2.75) is 84.0 Å². The molecule has 0 saturated carbocycles. The maximum Gasteiger partial charge on any atom is 0.243 e. The van der Waals surface area contributed by atoms with E-state index in [1.165, 1.54) is 4.90 Å². The second-order valence-electron chi connectivity index (χ2n) is 12.4. The van der Waals surface area contributed by atoms with Crippen molar-refractivity contribution in [3.8, 4) is 0 Å². The highest BCUT2D eigenvalue weighted by Gasteiger charge is 2.35. The number of amides is 5. The van der Waals surface area contributed by atoms with Crippen molar-refractivity contribution in [2.75, 3.05) is 13.1 Å². The number of carbonyl (C=O) groups excluding carboxylic acids is 5. The second-order valence-corrected chi connectivity index (χ2v) is 12.4. The molecular weight excluding hydrogens is 558 g/mol. The third-order valence-corrected chi connectivity index (χ3v) is 8.35. The van der Waals surface area contributed by atoms with Crippen molar-refractivity contribution in [1.82, 2.24) is 26.2 Å². The van der Waals surface area contributed by atoms with Crippen molar-refractivity contribution in [3.63, 3.8) is 0 Å². The van der Waals surface area contributed by atoms with Crippen LogP contribution in [0.2, 0.25) is 0 Å². The van der Waals surface area contributed by atoms with Crippen LogP contribution >= 0.6 is 0 Å². The van der Waals surface area contributed by atoms with Gasteiger partial charge in [0.1, 0.15) is 18.1 Å². The van der Waals surface area contributed by atoms with Crippen molar-refractivity contribution >= 4 is 29.5 Å². The van der Waals surface area contributed by atoms with Gasteiger partial charge in [0.05, 0.1) is 6.54 Å². The minimum atomic E-state index is -0.940. The normalized spacial score (nSPS) is 24.0. The molecule has 1 aliphatic carbocycles. The Kier molecular flexibility index (Phi) is 11.1. The third-order valence-electron chi connectivity index (χ3n) is 8.35. The van der Waals surface area contributed by atoms with Gasteiger partial charge in [0.2, 0.25) is 29.5 Å². The van der Waals surface area contributed by atoms with E-state index in [0.29, 0.717) is 25.7 Å². The van der Waals surface area contributed by atoms with Gasteiger partial charge >= 0.3 is 0 Å². The lowest BCUT2D eigenvalue weighted by Crippen LogP contribution is -2.57. The Bertz CT molecular complexity index is 1320. The standard InChI is InChI=1S/C34H45N5O5/c1-5-27-19-39(34(44)26-17-24-13-9-10-14-25(24)18-26)20-30(40)35-22(4)31(41)37-28(15-21(2)3)33(43)38-29(32(42)36-27)16-23-11-7-6-8-12-23/h6-14,21-22,26-29H,5,15-20H2,1-4H3,(H,35,40)(H,36,42)(H,37,41)(H,38,43)/t22-,27+,28+,29+/m1/s1. The molecule has 2 aromatic carbocycles. The zero-order valence-electron chi connectivity index (χ0n) is 26.1. The molecule has 44 heavy (non-hydrogen) atoms. The quantitative estimate of drug-likeness (QED) is 0.400. The first kappa shape index (κ1) is 32.7. The van der Waals surface area contributed by atoms with Gasteiger partial charge in [0.15, 0.2) is 0 Å². The first-order valence-electron chi connectivity index (χ1n) is 15.6. The minimum absolute atomic E-state index is 0.0743. The summed E-state index contributed by atoms with van der Waals surface area (Å²) in [4.78, 5) is 69.1. The van der Waals surface area contributed by atoms with E-state index in [4.69, 9.17) is 0 Å². The van der Waals surface area contributed by atoms with Crippen LogP contribution in [0.5, 0.6) is 0 Å². The van der Waals surface area contributed by atoms with Gasteiger partial charge in [-0.15, -0.1) is 0 Å². The van der Waals surface area contributed by atoms with Crippen LogP contribution in [0.1, 0.15) is 57.2 Å². The van der Waals surface area contributed by atoms with Crippen LogP contribution in [0.3, 0.4) is 0 Å². The average Bonchev–Trinajstić information content (AvgIpc) is 3.43. The molecule has 1 saturated heterocycles. The molecule has 0 unspecified atom stereocenters. The van der Waals surface area contributed by atoms with Crippen LogP contribution in [-0.4, -0.2) is 71.7 Å². The number of hydrogen-bond acceptors (Lipinski definition) is 5. The smallest absolute Gasteiger partial charge is 0.243 e. The zero-order valence-corrected chi connectivity index (χ0v) is 26.1. The first-order chi connectivity index (χ1) is 21.0. The lowest BCUT2D eigenvalue weighted by molar-refractivity contribution is -0.140. The fourth-order valence-electron chi connectivity index (χ4n) is 5.93. The maximum atomic E-state index is 13.9. The van der Waals surface area contributed by atoms with Crippen LogP contribution in [0, 0.1) is 11.8 Å². The Morgan fingerprint density at radius 2 is 1.41 bits per heavy atom. The SMILES string of the molecule is CC[C@H]1CN(C(=O)C2Cc3ccccc3C2)CC(=O)N[C@H](C)C(=O)N[C@@H](CC(C)C)C(=O)N[C@@H](Cc2ccccc2)C(=O)N1. The number of benzene rings is 2. The van der Waals surface area contributed by atoms with E-state index < -0.39 is 47.8 Å². The molecule has 2 aliphatic rings. The number of rotatable bonds is 6. The summed E-state index contributed by atoms with van der Waals surface area (Å²) in [6, 6.07) is 14.1. The van der Waals surface area contributed by atoms with E-state index in [2.05, 4.69) is 21.3 Å². The number of fused-ring (bicyclic) bond motifs is 1. The molecule has 4 rings (SSSR count). The molecule has 1 aliphatic heterocycles. The molecule has 1 fully saturated rings. The Balaban J connectivity index is 1.63. The highest BCUT2D eigenvalue weighted by Crippen LogP contribution is 2.28. The van der Waals surface area contributed by atoms with Crippen molar-refractivity contribution < 1.29 is 24.0 Å². The van der Waals surface area contributed by atoms with Gasteiger partial charge in [-0.3, -0.25) is 24.0 Å². The van der Waals surface area contributed by atoms with Crippen molar-refractivity contribution in [2.24, 2.45) is 11.8 Å². The number of nitrogens with one attached hydrogen (secondary N) is 4. The third kappa shape index (κ3) is 8.67. The van der Waals surface area contributed by atoms with Crippen molar-refractivity contribution in [3.05, 3.63) is 71.3 Å². The Hall–Kier alpha value is -4.21. The summed E-state index contributed by atoms with van der Waals surface area (Å²) in [7, 11) is 0. The van der Waals surface area contributed by atoms with Gasteiger partial charge in [0.25, 0.3) is 0 Å². The van der Waals surface area contributed by atoms with Gasteiger partial charge in [-0.1, -0.05) is 75.4 Å². The van der Waals surface area contributed by atoms with E-state index in [1.807, 2.05) is 75.4 Å². The van der Waals surface area contributed by atoms with Gasteiger partial charge in [-0.2, -0.15) is 0 Å². The molecule has 236 valence electrons. The lowest BCUT2D eigenvalue weighted by Gasteiger charge is -2.30. The Morgan fingerprint density at radius 1 is 0.818 bits per heavy atom. The van der Waals surface area contributed by atoms with Gasteiger partial charge in [0, 0.05) is 24.9 Å². The summed E-state index contributed by atoms with van der Waals surface area (Å²) >= 11 is 0. The van der Waals surface area contributed by atoms with E-state index in [9.17, 15) is 24.0 Å². The predicted octanol–water partition coefficient (Wildman–Crippen LogP) is 1.90. The Morgan fingerprint density at radius 3 is 2.02 bits per heavy atom. The van der Waals surface area contributed by atoms with E-state index in [0.717, 1.165) is 16.7 Å². The molecule has 10 nitrogen and oxygen atoms in total. The molecule has 0 bridgehead atoms. The molecule has 4 atom stereocenters. The fourth-order valence-corrected chi connectivity index (χ4v) is 5.93. The monoisotopic (exact) mass is 603 g/mol. The molecular formula is C34H45N5O5. The van der Waals surface area contributed by atoms with Crippen LogP contribution in [0.15, 0.2) is 54.6 Å². The van der Waals surface area contributed by atoms with Crippen molar-refractivity contribution in [1.29, 1.82) is 0 Å². The van der Waals surface area contributed by atoms with Crippen LogP contribution in [0.25, 0.3) is 0 Å². The van der Waals surface area contributed by atoms with E-state index in [1.54, 1.807) is 6.92 Å². The predicted molar refractivity (Wildman–Crippen MR) is 167 cm³/mol. The Labute approximate surface area is 259 Å². The zero-order chi connectivity index (χ0) is 31.8. The molecule has 1 heterocycles. The molecule has 0 radical (unpaired) electrons. The molecule has 4 N–H and O–H groups in total. The van der Waals surface area contributed by atoms with Gasteiger partial charge in [-0.25, -0.2) is 0 Å². The largest absolute Gasteiger partial charge is 0.350 e. The van der Waals surface area contributed by atoms with Crippen LogP contribution < -0.4 is 21.3 Å². The highest BCUT2D eigenvalue weighted by molar-refractivity contribution is 5.95. The topological polar surface area (TPSA) is 137 Å². The summed E-state index contributed by atoms with van der Waals surface area (Å²) < 4.78 is 0. The highest BCUT2D eigenvalue weighted by atomic mass is 16.2. The summed E-state index contributed by atoms with van der Waals surface area (Å²) in [5.74, 6) is -2.29. The molecule has 10 heteroatoms. The number of carbonyl (C=O) groups is 5. The molecule has 2 aromatic rings. The number of hydrogen-bond donors (Lipinski definition) is 4. The molecule has 0 aromatic heterocycles. The summed E-state index contributed by atoms with van der Waals surface area (Å²) in [5, 5.41) is 11.4. The second kappa shape index (κ2) is 15.0. The summed E-state index contributed by atoms with van der Waals surface area (Å²) in [6.45, 7) is 7.19. The summed E-state index contributed by atoms with van der Waals surface area (Å²) in [5.41, 5.74) is 3.11. The maximum absolute atomic E-state index is 13.9. The average molecular weight is 604 g/mol. The van der Waals surface area contributed by atoms with E-state index in [-0.39, 0.29) is 37.3 Å². The fraction of sp³-hybridized carbons (Fsp3) is 0.500. The first-order valence-corrected chi connectivity index (χ1v) is 15.6.